The first-order valence-electron chi connectivity index (χ1n) is 4.70. The number of esters is 1. The van der Waals surface area contributed by atoms with Crippen molar-refractivity contribution in [2.45, 2.75) is 6.92 Å². The van der Waals surface area contributed by atoms with Gasteiger partial charge >= 0.3 is 5.97 Å². The number of ether oxygens (including phenoxy) is 1. The van der Waals surface area contributed by atoms with E-state index in [-0.39, 0.29) is 5.91 Å². The molecule has 1 heterocycles. The Hall–Kier alpha value is -2.17. The molecule has 5 nitrogen and oxygen atoms in total. The summed E-state index contributed by atoms with van der Waals surface area (Å²) in [7, 11) is 1.32. The van der Waals surface area contributed by atoms with Crippen LogP contribution in [0.25, 0.3) is 11.0 Å². The smallest absolute Gasteiger partial charge is 0.337 e. The standard InChI is InChI=1S/C11H10N2O3/c1-7(14)13-6-12-9-5-8(11(15)16-2)3-4-10(9)13/h3-6H,1-2H3. The Bertz CT molecular complexity index is 572. The molecule has 82 valence electrons. The Morgan fingerprint density at radius 2 is 2.12 bits per heavy atom. The molecule has 0 aliphatic carbocycles. The van der Waals surface area contributed by atoms with E-state index in [4.69, 9.17) is 0 Å². The minimum absolute atomic E-state index is 0.117. The van der Waals surface area contributed by atoms with Crippen LogP contribution in [0.1, 0.15) is 22.1 Å². The van der Waals surface area contributed by atoms with E-state index < -0.39 is 5.97 Å². The molecule has 0 aliphatic rings. The molecule has 0 atom stereocenters. The van der Waals surface area contributed by atoms with Crippen LogP contribution in [-0.4, -0.2) is 28.5 Å². The molecule has 1 aromatic heterocycles. The van der Waals surface area contributed by atoms with E-state index in [1.54, 1.807) is 18.2 Å². The maximum absolute atomic E-state index is 11.3. The van der Waals surface area contributed by atoms with Gasteiger partial charge in [-0.2, -0.15) is 0 Å². The maximum atomic E-state index is 11.3. The molecule has 0 amide bonds. The van der Waals surface area contributed by atoms with Crippen molar-refractivity contribution in [3.63, 3.8) is 0 Å². The van der Waals surface area contributed by atoms with Crippen LogP contribution in [0.15, 0.2) is 24.5 Å². The Balaban J connectivity index is 2.57. The van der Waals surface area contributed by atoms with Gasteiger partial charge in [0.25, 0.3) is 0 Å². The van der Waals surface area contributed by atoms with Crippen LogP contribution >= 0.6 is 0 Å². The third-order valence-electron chi connectivity index (χ3n) is 2.31. The predicted molar refractivity (Wildman–Crippen MR) is 57.4 cm³/mol. The van der Waals surface area contributed by atoms with Gasteiger partial charge in [-0.1, -0.05) is 0 Å². The minimum atomic E-state index is -0.417. The van der Waals surface area contributed by atoms with Crippen molar-refractivity contribution in [1.29, 1.82) is 0 Å². The van der Waals surface area contributed by atoms with Gasteiger partial charge in [-0.25, -0.2) is 9.78 Å². The molecule has 0 aliphatic heterocycles. The highest BCUT2D eigenvalue weighted by molar-refractivity contribution is 5.95. The highest BCUT2D eigenvalue weighted by atomic mass is 16.5. The summed E-state index contributed by atoms with van der Waals surface area (Å²) < 4.78 is 6.03. The summed E-state index contributed by atoms with van der Waals surface area (Å²) in [5, 5.41) is 0. The number of methoxy groups -OCH3 is 1. The fraction of sp³-hybridized carbons (Fsp3) is 0.182. The number of rotatable bonds is 1. The van der Waals surface area contributed by atoms with Gasteiger partial charge in [0.1, 0.15) is 6.33 Å². The van der Waals surface area contributed by atoms with Crippen LogP contribution in [-0.2, 0) is 4.74 Å². The number of nitrogens with zero attached hydrogens (tertiary/aromatic N) is 2. The normalized spacial score (nSPS) is 10.4. The molecule has 0 spiro atoms. The van der Waals surface area contributed by atoms with E-state index >= 15 is 0 Å². The lowest BCUT2D eigenvalue weighted by atomic mass is 10.2. The SMILES string of the molecule is COC(=O)c1ccc2c(c1)ncn2C(C)=O. The van der Waals surface area contributed by atoms with Crippen LogP contribution in [0.3, 0.4) is 0 Å². The number of benzene rings is 1. The van der Waals surface area contributed by atoms with Crippen molar-refractivity contribution in [3.8, 4) is 0 Å². The summed E-state index contributed by atoms with van der Waals surface area (Å²) in [4.78, 5) is 26.6. The fourth-order valence-corrected chi connectivity index (χ4v) is 1.51. The van der Waals surface area contributed by atoms with Crippen molar-refractivity contribution < 1.29 is 14.3 Å². The number of imidazole rings is 1. The van der Waals surface area contributed by atoms with Gasteiger partial charge in [0.05, 0.1) is 23.7 Å². The number of hydrogen-bond donors (Lipinski definition) is 0. The van der Waals surface area contributed by atoms with E-state index in [1.807, 2.05) is 0 Å². The van der Waals surface area contributed by atoms with Crippen molar-refractivity contribution >= 4 is 22.9 Å². The zero-order valence-corrected chi connectivity index (χ0v) is 8.93. The molecule has 1 aromatic carbocycles. The van der Waals surface area contributed by atoms with E-state index in [1.165, 1.54) is 24.9 Å². The number of carbonyl (C=O) groups excluding carboxylic acids is 2. The van der Waals surface area contributed by atoms with Crippen LogP contribution in [0.4, 0.5) is 0 Å². The third kappa shape index (κ3) is 1.56. The molecule has 0 fully saturated rings. The topological polar surface area (TPSA) is 61.2 Å². The van der Waals surface area contributed by atoms with Crippen LogP contribution in [0.5, 0.6) is 0 Å². The van der Waals surface area contributed by atoms with E-state index in [0.29, 0.717) is 16.6 Å². The highest BCUT2D eigenvalue weighted by Gasteiger charge is 2.10. The summed E-state index contributed by atoms with van der Waals surface area (Å²) in [6.07, 6.45) is 1.44. The second-order valence-electron chi connectivity index (χ2n) is 3.33. The fourth-order valence-electron chi connectivity index (χ4n) is 1.51. The summed E-state index contributed by atoms with van der Waals surface area (Å²) in [5.41, 5.74) is 1.70. The zero-order valence-electron chi connectivity index (χ0n) is 8.93. The lowest BCUT2D eigenvalue weighted by Gasteiger charge is -2.00. The van der Waals surface area contributed by atoms with E-state index in [2.05, 4.69) is 9.72 Å². The van der Waals surface area contributed by atoms with Crippen LogP contribution < -0.4 is 0 Å². The van der Waals surface area contributed by atoms with Gasteiger partial charge in [0.2, 0.25) is 5.91 Å². The lowest BCUT2D eigenvalue weighted by Crippen LogP contribution is -2.04. The van der Waals surface area contributed by atoms with Crippen molar-refractivity contribution in [3.05, 3.63) is 30.1 Å². The second kappa shape index (κ2) is 3.77. The Kier molecular flexibility index (Phi) is 2.44. The molecular formula is C11H10N2O3. The highest BCUT2D eigenvalue weighted by Crippen LogP contribution is 2.15. The number of hydrogen-bond acceptors (Lipinski definition) is 4. The monoisotopic (exact) mass is 218 g/mol. The Morgan fingerprint density at radius 3 is 2.75 bits per heavy atom. The molecule has 5 heteroatoms. The third-order valence-corrected chi connectivity index (χ3v) is 2.31. The number of carbonyl (C=O) groups is 2. The number of fused-ring (bicyclic) bond motifs is 1. The lowest BCUT2D eigenvalue weighted by molar-refractivity contribution is 0.0600. The summed E-state index contributed by atoms with van der Waals surface area (Å²) >= 11 is 0. The molecule has 0 saturated carbocycles. The van der Waals surface area contributed by atoms with Gasteiger partial charge in [-0.15, -0.1) is 0 Å². The predicted octanol–water partition coefficient (Wildman–Crippen LogP) is 1.48. The van der Waals surface area contributed by atoms with Gasteiger partial charge < -0.3 is 4.74 Å². The van der Waals surface area contributed by atoms with Gasteiger partial charge in [0.15, 0.2) is 0 Å². The largest absolute Gasteiger partial charge is 0.465 e. The van der Waals surface area contributed by atoms with Crippen molar-refractivity contribution in [1.82, 2.24) is 9.55 Å². The molecule has 0 unspecified atom stereocenters. The van der Waals surface area contributed by atoms with Gasteiger partial charge in [0, 0.05) is 6.92 Å². The molecule has 2 rings (SSSR count). The maximum Gasteiger partial charge on any atom is 0.337 e. The minimum Gasteiger partial charge on any atom is -0.465 e. The first kappa shape index (κ1) is 10.4. The molecule has 16 heavy (non-hydrogen) atoms. The zero-order chi connectivity index (χ0) is 11.7. The van der Waals surface area contributed by atoms with Gasteiger partial charge in [-0.05, 0) is 18.2 Å². The van der Waals surface area contributed by atoms with Crippen molar-refractivity contribution in [2.24, 2.45) is 0 Å². The van der Waals surface area contributed by atoms with Crippen molar-refractivity contribution in [2.75, 3.05) is 7.11 Å². The average molecular weight is 218 g/mol. The van der Waals surface area contributed by atoms with Gasteiger partial charge in [-0.3, -0.25) is 9.36 Å². The Morgan fingerprint density at radius 1 is 1.38 bits per heavy atom. The first-order valence-corrected chi connectivity index (χ1v) is 4.70. The van der Waals surface area contributed by atoms with Crippen LogP contribution in [0, 0.1) is 0 Å². The van der Waals surface area contributed by atoms with E-state index in [9.17, 15) is 9.59 Å². The average Bonchev–Trinajstić information content (AvgIpc) is 2.70. The molecular weight excluding hydrogens is 208 g/mol. The summed E-state index contributed by atoms with van der Waals surface area (Å²) in [6.45, 7) is 1.45. The van der Waals surface area contributed by atoms with E-state index in [0.717, 1.165) is 0 Å². The molecule has 0 saturated heterocycles. The second-order valence-corrected chi connectivity index (χ2v) is 3.33. The quantitative estimate of drug-likeness (QED) is 0.680. The summed E-state index contributed by atoms with van der Waals surface area (Å²) in [5.74, 6) is -0.535. The Labute approximate surface area is 91.6 Å². The summed E-state index contributed by atoms with van der Waals surface area (Å²) in [6, 6.07) is 4.88. The molecule has 0 N–H and O–H groups in total. The molecule has 0 bridgehead atoms. The van der Waals surface area contributed by atoms with Crippen LogP contribution in [0.2, 0.25) is 0 Å². The first-order chi connectivity index (χ1) is 7.63. The molecule has 0 radical (unpaired) electrons. The molecule has 2 aromatic rings. The number of aromatic nitrogens is 2.